The minimum absolute atomic E-state index is 0.0635. The van der Waals surface area contributed by atoms with Gasteiger partial charge >= 0.3 is 5.97 Å². The van der Waals surface area contributed by atoms with E-state index in [0.717, 1.165) is 16.7 Å². The van der Waals surface area contributed by atoms with Gasteiger partial charge in [0, 0.05) is 17.6 Å². The van der Waals surface area contributed by atoms with Gasteiger partial charge in [-0.05, 0) is 56.2 Å². The summed E-state index contributed by atoms with van der Waals surface area (Å²) in [5, 5.41) is 15.0. The lowest BCUT2D eigenvalue weighted by atomic mass is 10.0. The highest BCUT2D eigenvalue weighted by atomic mass is 16.5. The van der Waals surface area contributed by atoms with Gasteiger partial charge in [-0.1, -0.05) is 17.7 Å². The molecule has 2 rings (SSSR count). The Labute approximate surface area is 158 Å². The summed E-state index contributed by atoms with van der Waals surface area (Å²) < 4.78 is 4.64. The number of esters is 1. The van der Waals surface area contributed by atoms with Crippen molar-refractivity contribution in [1.29, 1.82) is 5.26 Å². The van der Waals surface area contributed by atoms with E-state index in [-0.39, 0.29) is 5.57 Å². The Hall–Kier alpha value is -3.59. The number of nitrogens with zero attached hydrogens (tertiary/aromatic N) is 1. The van der Waals surface area contributed by atoms with E-state index >= 15 is 0 Å². The molecule has 0 atom stereocenters. The molecule has 0 saturated heterocycles. The van der Waals surface area contributed by atoms with Crippen LogP contribution in [0.5, 0.6) is 0 Å². The summed E-state index contributed by atoms with van der Waals surface area (Å²) in [6, 6.07) is 12.3. The molecule has 6 heteroatoms. The van der Waals surface area contributed by atoms with Crippen LogP contribution in [0.1, 0.15) is 27.0 Å². The molecule has 0 unspecified atom stereocenters. The maximum absolute atomic E-state index is 12.4. The van der Waals surface area contributed by atoms with Crippen molar-refractivity contribution in [2.75, 3.05) is 17.7 Å². The Morgan fingerprint density at radius 2 is 1.67 bits per heavy atom. The largest absolute Gasteiger partial charge is 0.465 e. The fraction of sp³-hybridized carbons (Fsp3) is 0.190. The summed E-state index contributed by atoms with van der Waals surface area (Å²) in [6.07, 6.45) is 1.33. The van der Waals surface area contributed by atoms with E-state index in [0.29, 0.717) is 16.9 Å². The summed E-state index contributed by atoms with van der Waals surface area (Å²) in [7, 11) is 1.31. The van der Waals surface area contributed by atoms with Gasteiger partial charge in [-0.25, -0.2) is 4.79 Å². The minimum Gasteiger partial charge on any atom is -0.465 e. The first-order valence-corrected chi connectivity index (χ1v) is 8.30. The Morgan fingerprint density at radius 1 is 1.07 bits per heavy atom. The van der Waals surface area contributed by atoms with Gasteiger partial charge in [0.1, 0.15) is 11.6 Å². The van der Waals surface area contributed by atoms with Crippen molar-refractivity contribution in [3.8, 4) is 6.07 Å². The molecule has 0 aliphatic carbocycles. The molecule has 0 heterocycles. The van der Waals surface area contributed by atoms with Crippen molar-refractivity contribution >= 4 is 23.3 Å². The SMILES string of the molecule is COC(=O)c1ccc(N/C=C(/C#N)C(=O)Nc2c(C)cc(C)cc2C)cc1. The number of ether oxygens (including phenoxy) is 1. The van der Waals surface area contributed by atoms with Gasteiger partial charge in [-0.15, -0.1) is 0 Å². The van der Waals surface area contributed by atoms with Crippen molar-refractivity contribution in [3.05, 3.63) is 70.4 Å². The number of hydrogen-bond donors (Lipinski definition) is 2. The molecule has 2 N–H and O–H groups in total. The number of benzene rings is 2. The van der Waals surface area contributed by atoms with Crippen LogP contribution < -0.4 is 10.6 Å². The number of amides is 1. The molecule has 0 aliphatic heterocycles. The average Bonchev–Trinajstić information content (AvgIpc) is 2.65. The molecule has 0 aromatic heterocycles. The number of rotatable bonds is 5. The molecule has 0 fully saturated rings. The summed E-state index contributed by atoms with van der Waals surface area (Å²) in [4.78, 5) is 23.9. The van der Waals surface area contributed by atoms with Crippen LogP contribution in [0.25, 0.3) is 0 Å². The predicted molar refractivity (Wildman–Crippen MR) is 104 cm³/mol. The van der Waals surface area contributed by atoms with E-state index < -0.39 is 11.9 Å². The lowest BCUT2D eigenvalue weighted by Crippen LogP contribution is -2.16. The van der Waals surface area contributed by atoms with E-state index in [2.05, 4.69) is 15.4 Å². The topological polar surface area (TPSA) is 91.2 Å². The molecule has 2 aromatic rings. The number of carbonyl (C=O) groups excluding carboxylic acids is 2. The second-order valence-electron chi connectivity index (χ2n) is 6.11. The first-order valence-electron chi connectivity index (χ1n) is 8.30. The van der Waals surface area contributed by atoms with Crippen molar-refractivity contribution in [2.24, 2.45) is 0 Å². The highest BCUT2D eigenvalue weighted by Gasteiger charge is 2.13. The molecule has 0 bridgehead atoms. The predicted octanol–water partition coefficient (Wildman–Crippen LogP) is 3.86. The molecule has 0 spiro atoms. The Morgan fingerprint density at radius 3 is 2.19 bits per heavy atom. The lowest BCUT2D eigenvalue weighted by molar-refractivity contribution is -0.112. The van der Waals surface area contributed by atoms with Gasteiger partial charge in [0.05, 0.1) is 12.7 Å². The van der Waals surface area contributed by atoms with Gasteiger partial charge in [-0.3, -0.25) is 4.79 Å². The molecule has 6 nitrogen and oxygen atoms in total. The van der Waals surface area contributed by atoms with Crippen LogP contribution in [0.15, 0.2) is 48.2 Å². The molecular weight excluding hydrogens is 342 g/mol. The third kappa shape index (κ3) is 4.95. The second kappa shape index (κ2) is 8.68. The third-order valence-electron chi connectivity index (χ3n) is 3.97. The molecule has 1 amide bonds. The highest BCUT2D eigenvalue weighted by molar-refractivity contribution is 6.07. The zero-order valence-corrected chi connectivity index (χ0v) is 15.7. The molecule has 0 saturated carbocycles. The molecule has 0 radical (unpaired) electrons. The van der Waals surface area contributed by atoms with Gasteiger partial charge in [0.2, 0.25) is 0 Å². The van der Waals surface area contributed by atoms with E-state index in [1.807, 2.05) is 39.0 Å². The fourth-order valence-corrected chi connectivity index (χ4v) is 2.68. The molecule has 27 heavy (non-hydrogen) atoms. The zero-order chi connectivity index (χ0) is 20.0. The average molecular weight is 363 g/mol. The summed E-state index contributed by atoms with van der Waals surface area (Å²) in [5.74, 6) is -0.927. The maximum atomic E-state index is 12.4. The van der Waals surface area contributed by atoms with Crippen molar-refractivity contribution in [1.82, 2.24) is 0 Å². The molecule has 0 aliphatic rings. The van der Waals surface area contributed by atoms with Crippen LogP contribution in [-0.2, 0) is 9.53 Å². The van der Waals surface area contributed by atoms with Crippen molar-refractivity contribution in [3.63, 3.8) is 0 Å². The highest BCUT2D eigenvalue weighted by Crippen LogP contribution is 2.22. The summed E-state index contributed by atoms with van der Waals surface area (Å²) in [5.41, 5.74) is 4.66. The Bertz CT molecular complexity index is 915. The van der Waals surface area contributed by atoms with Crippen LogP contribution in [0.3, 0.4) is 0 Å². The van der Waals surface area contributed by atoms with Crippen LogP contribution in [0, 0.1) is 32.1 Å². The normalized spacial score (nSPS) is 10.7. The smallest absolute Gasteiger partial charge is 0.337 e. The van der Waals surface area contributed by atoms with Crippen LogP contribution in [0.2, 0.25) is 0 Å². The number of carbonyl (C=O) groups is 2. The third-order valence-corrected chi connectivity index (χ3v) is 3.97. The number of nitrogens with one attached hydrogen (secondary N) is 2. The summed E-state index contributed by atoms with van der Waals surface area (Å²) >= 11 is 0. The zero-order valence-electron chi connectivity index (χ0n) is 15.7. The quantitative estimate of drug-likeness (QED) is 0.478. The summed E-state index contributed by atoms with van der Waals surface area (Å²) in [6.45, 7) is 5.81. The first-order chi connectivity index (χ1) is 12.8. The van der Waals surface area contributed by atoms with Crippen molar-refractivity contribution < 1.29 is 14.3 Å². The van der Waals surface area contributed by atoms with Crippen molar-refractivity contribution in [2.45, 2.75) is 20.8 Å². The van der Waals surface area contributed by atoms with E-state index in [4.69, 9.17) is 0 Å². The van der Waals surface area contributed by atoms with Crippen LogP contribution in [0.4, 0.5) is 11.4 Å². The fourth-order valence-electron chi connectivity index (χ4n) is 2.68. The number of hydrogen-bond acceptors (Lipinski definition) is 5. The first kappa shape index (κ1) is 19.7. The number of anilines is 2. The standard InChI is InChI=1S/C21H21N3O3/c1-13-9-14(2)19(15(3)10-13)24-20(25)17(11-22)12-23-18-7-5-16(6-8-18)21(26)27-4/h5-10,12,23H,1-4H3,(H,24,25)/b17-12-. The van der Waals surface area contributed by atoms with Crippen LogP contribution in [-0.4, -0.2) is 19.0 Å². The number of nitriles is 1. The molecular formula is C21H21N3O3. The molecule has 138 valence electrons. The lowest BCUT2D eigenvalue weighted by Gasteiger charge is -2.12. The Kier molecular flexibility index (Phi) is 6.34. The van der Waals surface area contributed by atoms with E-state index in [1.54, 1.807) is 24.3 Å². The van der Waals surface area contributed by atoms with Gasteiger partial charge in [0.15, 0.2) is 0 Å². The molecule has 2 aromatic carbocycles. The van der Waals surface area contributed by atoms with Gasteiger partial charge in [0.25, 0.3) is 5.91 Å². The monoisotopic (exact) mass is 363 g/mol. The minimum atomic E-state index is -0.494. The maximum Gasteiger partial charge on any atom is 0.337 e. The Balaban J connectivity index is 2.13. The van der Waals surface area contributed by atoms with Crippen LogP contribution >= 0.6 is 0 Å². The second-order valence-corrected chi connectivity index (χ2v) is 6.11. The van der Waals surface area contributed by atoms with Gasteiger partial charge in [-0.2, -0.15) is 5.26 Å². The number of aryl methyl sites for hydroxylation is 3. The van der Waals surface area contributed by atoms with E-state index in [1.165, 1.54) is 13.3 Å². The van der Waals surface area contributed by atoms with Gasteiger partial charge < -0.3 is 15.4 Å². The van der Waals surface area contributed by atoms with E-state index in [9.17, 15) is 14.9 Å². The number of methoxy groups -OCH3 is 1.